The average molecular weight is 647 g/mol. The lowest BCUT2D eigenvalue weighted by Crippen LogP contribution is -2.33. The third kappa shape index (κ3) is 6.36. The van der Waals surface area contributed by atoms with E-state index < -0.39 is 41.1 Å². The normalized spacial score (nSPS) is 22.0. The molecule has 0 spiro atoms. The predicted octanol–water partition coefficient (Wildman–Crippen LogP) is 2.80. The highest BCUT2D eigenvalue weighted by Gasteiger charge is 2.44. The molecular formula is C22H22Br2FN5O5S. The Labute approximate surface area is 223 Å². The van der Waals surface area contributed by atoms with Gasteiger partial charge in [0, 0.05) is 34.9 Å². The van der Waals surface area contributed by atoms with Gasteiger partial charge in [-0.1, -0.05) is 28.1 Å². The highest BCUT2D eigenvalue weighted by molar-refractivity contribution is 9.10. The van der Waals surface area contributed by atoms with Crippen molar-refractivity contribution in [1.82, 2.24) is 14.5 Å². The number of alkyl halides is 1. The van der Waals surface area contributed by atoms with Crippen LogP contribution in [0, 0.1) is 5.92 Å². The number of aliphatic hydroxyl groups excluding tert-OH is 1. The Morgan fingerprint density at radius 2 is 2.11 bits per heavy atom. The molecule has 36 heavy (non-hydrogen) atoms. The number of hydrogen-bond acceptors (Lipinski definition) is 8. The van der Waals surface area contributed by atoms with E-state index in [9.17, 15) is 22.7 Å². The van der Waals surface area contributed by atoms with Gasteiger partial charge in [0.05, 0.1) is 28.9 Å². The van der Waals surface area contributed by atoms with Crippen LogP contribution in [0.25, 0.3) is 0 Å². The minimum absolute atomic E-state index is 0.0318. The van der Waals surface area contributed by atoms with Crippen LogP contribution in [0.3, 0.4) is 0 Å². The first-order valence-electron chi connectivity index (χ1n) is 10.7. The number of nitrogens with zero attached hydrogens (tertiary/aromatic N) is 3. The summed E-state index contributed by atoms with van der Waals surface area (Å²) in [6, 6.07) is 8.53. The van der Waals surface area contributed by atoms with Crippen molar-refractivity contribution < 1.29 is 26.9 Å². The summed E-state index contributed by atoms with van der Waals surface area (Å²) in [6.07, 6.45) is 1.04. The summed E-state index contributed by atoms with van der Waals surface area (Å²) in [6.45, 7) is 0.0584. The molecule has 2 aromatic heterocycles. The number of aromatic nitrogens is 3. The molecule has 1 aromatic carbocycles. The molecule has 0 amide bonds. The summed E-state index contributed by atoms with van der Waals surface area (Å²) >= 11 is 6.93. The van der Waals surface area contributed by atoms with E-state index in [1.165, 1.54) is 12.5 Å². The van der Waals surface area contributed by atoms with Crippen molar-refractivity contribution in [2.75, 3.05) is 11.9 Å². The predicted molar refractivity (Wildman–Crippen MR) is 136 cm³/mol. The SMILES string of the molecule is NS(=O)(=O)OC[C@H]1C[C@@H](Nc2ncncc2C(=O)c2cc(Br)n(Cc3cccc(Br)c3)c2)[C@@H](F)[C@@H]1O. The topological polar surface area (TPSA) is 149 Å². The second-order valence-corrected chi connectivity index (χ2v) is 11.3. The van der Waals surface area contributed by atoms with Crippen LogP contribution in [-0.2, 0) is 21.0 Å². The molecule has 10 nitrogen and oxygen atoms in total. The maximum atomic E-state index is 14.8. The van der Waals surface area contributed by atoms with Crippen molar-refractivity contribution in [1.29, 1.82) is 0 Å². The molecule has 0 saturated heterocycles. The summed E-state index contributed by atoms with van der Waals surface area (Å²) in [5, 5.41) is 17.9. The van der Waals surface area contributed by atoms with Crippen LogP contribution in [0.5, 0.6) is 0 Å². The summed E-state index contributed by atoms with van der Waals surface area (Å²) in [4.78, 5) is 21.4. The molecule has 1 fully saturated rings. The van der Waals surface area contributed by atoms with Crippen molar-refractivity contribution in [2.24, 2.45) is 11.1 Å². The third-order valence-electron chi connectivity index (χ3n) is 5.82. The Bertz CT molecular complexity index is 1370. The molecule has 4 N–H and O–H groups in total. The summed E-state index contributed by atoms with van der Waals surface area (Å²) < 4.78 is 44.9. The number of rotatable bonds is 9. The van der Waals surface area contributed by atoms with E-state index in [2.05, 4.69) is 51.3 Å². The second kappa shape index (κ2) is 11.0. The molecule has 1 saturated carbocycles. The molecule has 192 valence electrons. The fourth-order valence-corrected chi connectivity index (χ4v) is 5.36. The summed E-state index contributed by atoms with van der Waals surface area (Å²) in [5.41, 5.74) is 1.52. The van der Waals surface area contributed by atoms with Gasteiger partial charge in [0.2, 0.25) is 0 Å². The summed E-state index contributed by atoms with van der Waals surface area (Å²) in [7, 11) is -4.23. The number of halogens is 3. The van der Waals surface area contributed by atoms with Gasteiger partial charge in [0.25, 0.3) is 0 Å². The lowest BCUT2D eigenvalue weighted by molar-refractivity contribution is 0.0501. The molecular weight excluding hydrogens is 625 g/mol. The van der Waals surface area contributed by atoms with E-state index in [-0.39, 0.29) is 23.6 Å². The number of aliphatic hydroxyl groups is 1. The molecule has 4 atom stereocenters. The molecule has 0 unspecified atom stereocenters. The van der Waals surface area contributed by atoms with E-state index in [1.807, 2.05) is 28.8 Å². The maximum Gasteiger partial charge on any atom is 0.333 e. The number of nitrogens with two attached hydrogens (primary N) is 1. The minimum atomic E-state index is -4.23. The number of anilines is 1. The molecule has 0 radical (unpaired) electrons. The number of hydrogen-bond donors (Lipinski definition) is 3. The fourth-order valence-electron chi connectivity index (χ4n) is 4.08. The Morgan fingerprint density at radius 1 is 1.33 bits per heavy atom. The maximum absolute atomic E-state index is 14.8. The van der Waals surface area contributed by atoms with Crippen LogP contribution in [0.4, 0.5) is 10.2 Å². The average Bonchev–Trinajstić information content (AvgIpc) is 3.31. The van der Waals surface area contributed by atoms with Crippen molar-refractivity contribution in [3.63, 3.8) is 0 Å². The van der Waals surface area contributed by atoms with E-state index in [0.29, 0.717) is 16.7 Å². The largest absolute Gasteiger partial charge is 0.390 e. The zero-order valence-electron chi connectivity index (χ0n) is 18.6. The van der Waals surface area contributed by atoms with Crippen LogP contribution in [0.2, 0.25) is 0 Å². The van der Waals surface area contributed by atoms with Gasteiger partial charge in [0.15, 0.2) is 5.78 Å². The lowest BCUT2D eigenvalue weighted by atomic mass is 10.1. The first-order valence-corrected chi connectivity index (χ1v) is 13.8. The van der Waals surface area contributed by atoms with Gasteiger partial charge in [-0.05, 0) is 46.1 Å². The first-order chi connectivity index (χ1) is 17.0. The van der Waals surface area contributed by atoms with Gasteiger partial charge in [0.1, 0.15) is 18.3 Å². The standard InChI is InChI=1S/C22H22Br2FN5O5S/c23-15-3-1-2-12(4-15)8-30-9-13(6-18(30)24)20(31)16-7-27-11-28-22(16)29-17-5-14(21(32)19(17)25)10-35-36(26,33)34/h1-4,6-7,9,11,14,17,19,21,32H,5,8,10H2,(H2,26,33,34)(H,27,28,29)/t14-,17-,19-,21-/m1/s1. The summed E-state index contributed by atoms with van der Waals surface area (Å²) in [5.74, 6) is -1.10. The molecule has 1 aliphatic rings. The van der Waals surface area contributed by atoms with E-state index in [4.69, 9.17) is 5.14 Å². The number of ketones is 1. The highest BCUT2D eigenvalue weighted by atomic mass is 79.9. The third-order valence-corrected chi connectivity index (χ3v) is 7.47. The van der Waals surface area contributed by atoms with Crippen LogP contribution in [0.1, 0.15) is 27.9 Å². The Hall–Kier alpha value is -2.23. The molecule has 2 heterocycles. The number of nitrogens with one attached hydrogen (secondary N) is 1. The molecule has 0 bridgehead atoms. The quantitative estimate of drug-likeness (QED) is 0.301. The molecule has 0 aliphatic heterocycles. The van der Waals surface area contributed by atoms with Crippen LogP contribution in [0.15, 0.2) is 58.1 Å². The molecule has 3 aromatic rings. The van der Waals surface area contributed by atoms with Crippen molar-refractivity contribution in [2.45, 2.75) is 31.3 Å². The van der Waals surface area contributed by atoms with E-state index in [0.717, 1.165) is 10.0 Å². The smallest absolute Gasteiger partial charge is 0.333 e. The van der Waals surface area contributed by atoms with E-state index >= 15 is 0 Å². The fraction of sp³-hybridized carbons (Fsp3) is 0.318. The van der Waals surface area contributed by atoms with Crippen LogP contribution < -0.4 is 10.5 Å². The zero-order valence-corrected chi connectivity index (χ0v) is 22.6. The Morgan fingerprint density at radius 3 is 2.83 bits per heavy atom. The van der Waals surface area contributed by atoms with Gasteiger partial charge in [-0.25, -0.2) is 19.5 Å². The molecule has 14 heteroatoms. The Kier molecular flexibility index (Phi) is 8.22. The van der Waals surface area contributed by atoms with Gasteiger partial charge in [-0.3, -0.25) is 8.98 Å². The van der Waals surface area contributed by atoms with Gasteiger partial charge in [-0.2, -0.15) is 8.42 Å². The number of carbonyl (C=O) groups excluding carboxylic acids is 1. The van der Waals surface area contributed by atoms with Gasteiger partial charge < -0.3 is 15.0 Å². The molecule has 1 aliphatic carbocycles. The van der Waals surface area contributed by atoms with Crippen molar-refractivity contribution >= 4 is 53.8 Å². The van der Waals surface area contributed by atoms with Crippen molar-refractivity contribution in [3.05, 3.63) is 74.8 Å². The monoisotopic (exact) mass is 645 g/mol. The van der Waals surface area contributed by atoms with Crippen LogP contribution in [-0.4, -0.2) is 58.8 Å². The van der Waals surface area contributed by atoms with Crippen LogP contribution >= 0.6 is 31.9 Å². The molecule has 4 rings (SSSR count). The number of benzene rings is 1. The highest BCUT2D eigenvalue weighted by Crippen LogP contribution is 2.32. The first kappa shape index (κ1) is 26.8. The van der Waals surface area contributed by atoms with Gasteiger partial charge in [-0.15, -0.1) is 0 Å². The van der Waals surface area contributed by atoms with Gasteiger partial charge >= 0.3 is 10.3 Å². The minimum Gasteiger partial charge on any atom is -0.390 e. The second-order valence-electron chi connectivity index (χ2n) is 8.38. The Balaban J connectivity index is 1.51. The van der Waals surface area contributed by atoms with Crippen molar-refractivity contribution in [3.8, 4) is 0 Å². The zero-order chi connectivity index (χ0) is 26.0. The van der Waals surface area contributed by atoms with E-state index in [1.54, 1.807) is 12.3 Å². The number of carbonyl (C=O) groups is 1. The lowest BCUT2D eigenvalue weighted by Gasteiger charge is -2.18.